The molecule has 1 aromatic heterocycles. The first kappa shape index (κ1) is 13.4. The summed E-state index contributed by atoms with van der Waals surface area (Å²) in [6.07, 6.45) is 1.44. The minimum absolute atomic E-state index is 0.168. The molecule has 0 aliphatic heterocycles. The number of phenols is 1. The number of aromatic hydroxyl groups is 1. The molecule has 0 spiro atoms. The number of pyridine rings is 1. The molecule has 0 saturated heterocycles. The van der Waals surface area contributed by atoms with Gasteiger partial charge in [0.25, 0.3) is 10.0 Å². The lowest BCUT2D eigenvalue weighted by Gasteiger charge is -2.09. The van der Waals surface area contributed by atoms with E-state index in [-0.39, 0.29) is 10.6 Å². The van der Waals surface area contributed by atoms with Gasteiger partial charge in [0.1, 0.15) is 10.6 Å². The summed E-state index contributed by atoms with van der Waals surface area (Å²) in [5, 5.41) is 10.5. The van der Waals surface area contributed by atoms with Crippen molar-refractivity contribution in [3.05, 3.63) is 60.8 Å². The van der Waals surface area contributed by atoms with Crippen molar-refractivity contribution in [3.8, 4) is 5.75 Å². The smallest absolute Gasteiger partial charge is 0.265 e. The van der Waals surface area contributed by atoms with Crippen molar-refractivity contribution < 1.29 is 13.5 Å². The van der Waals surface area contributed by atoms with Crippen molar-refractivity contribution in [3.63, 3.8) is 0 Å². The Morgan fingerprint density at radius 2 is 1.71 bits per heavy atom. The molecule has 2 aromatic carbocycles. The van der Waals surface area contributed by atoms with E-state index in [2.05, 4.69) is 9.71 Å². The molecule has 21 heavy (non-hydrogen) atoms. The van der Waals surface area contributed by atoms with Crippen LogP contribution in [-0.4, -0.2) is 18.5 Å². The summed E-state index contributed by atoms with van der Waals surface area (Å²) in [6.45, 7) is 0. The average molecular weight is 300 g/mol. The fraction of sp³-hybridized carbons (Fsp3) is 0. The molecule has 0 amide bonds. The zero-order valence-corrected chi connectivity index (χ0v) is 11.7. The van der Waals surface area contributed by atoms with Crippen molar-refractivity contribution in [2.75, 3.05) is 4.72 Å². The predicted octanol–water partition coefficient (Wildman–Crippen LogP) is 2.74. The first-order valence-electron chi connectivity index (χ1n) is 6.22. The Bertz CT molecular complexity index is 907. The maximum absolute atomic E-state index is 12.3. The summed E-state index contributed by atoms with van der Waals surface area (Å²) in [5.74, 6) is -0.293. The van der Waals surface area contributed by atoms with Crippen LogP contribution in [0.3, 0.4) is 0 Å². The normalized spacial score (nSPS) is 11.4. The number of rotatable bonds is 3. The first-order chi connectivity index (χ1) is 10.1. The van der Waals surface area contributed by atoms with Crippen molar-refractivity contribution in [1.82, 2.24) is 4.98 Å². The number of para-hydroxylation sites is 2. The predicted molar refractivity (Wildman–Crippen MR) is 80.7 cm³/mol. The quantitative estimate of drug-likeness (QED) is 0.779. The third-order valence-corrected chi connectivity index (χ3v) is 4.43. The van der Waals surface area contributed by atoms with Gasteiger partial charge in [0.15, 0.2) is 0 Å². The summed E-state index contributed by atoms with van der Waals surface area (Å²) in [7, 11) is -3.85. The number of nitrogens with zero attached hydrogens (tertiary/aromatic N) is 1. The second-order valence-electron chi connectivity index (χ2n) is 4.49. The molecular weight excluding hydrogens is 288 g/mol. The number of nitrogens with one attached hydrogen (secondary N) is 1. The highest BCUT2D eigenvalue weighted by molar-refractivity contribution is 7.92. The van der Waals surface area contributed by atoms with Gasteiger partial charge < -0.3 is 5.11 Å². The molecule has 0 bridgehead atoms. The van der Waals surface area contributed by atoms with E-state index in [1.54, 1.807) is 18.2 Å². The van der Waals surface area contributed by atoms with Gasteiger partial charge in [-0.1, -0.05) is 30.3 Å². The SMILES string of the molecule is O=S(=O)(Nc1cnc2ccccc2c1)c1ccccc1O. The van der Waals surface area contributed by atoms with Gasteiger partial charge in [-0.2, -0.15) is 0 Å². The highest BCUT2D eigenvalue weighted by Crippen LogP contribution is 2.25. The lowest BCUT2D eigenvalue weighted by Crippen LogP contribution is -2.13. The van der Waals surface area contributed by atoms with Gasteiger partial charge in [0, 0.05) is 5.39 Å². The highest BCUT2D eigenvalue weighted by atomic mass is 32.2. The van der Waals surface area contributed by atoms with E-state index in [0.29, 0.717) is 5.69 Å². The van der Waals surface area contributed by atoms with Crippen molar-refractivity contribution in [1.29, 1.82) is 0 Å². The summed E-state index contributed by atoms with van der Waals surface area (Å²) < 4.78 is 26.9. The number of hydrogen-bond donors (Lipinski definition) is 2. The third kappa shape index (κ3) is 2.66. The Kier molecular flexibility index (Phi) is 3.23. The molecule has 0 fully saturated rings. The Morgan fingerprint density at radius 3 is 2.52 bits per heavy atom. The standard InChI is InChI=1S/C15H12N2O3S/c18-14-7-3-4-8-15(14)21(19,20)17-12-9-11-5-1-2-6-13(11)16-10-12/h1-10,17-18H. The van der Waals surface area contributed by atoms with Gasteiger partial charge >= 0.3 is 0 Å². The van der Waals surface area contributed by atoms with E-state index >= 15 is 0 Å². The zero-order valence-electron chi connectivity index (χ0n) is 10.9. The third-order valence-electron chi connectivity index (χ3n) is 3.00. The van der Waals surface area contributed by atoms with E-state index in [1.807, 2.05) is 24.3 Å². The van der Waals surface area contributed by atoms with E-state index < -0.39 is 10.0 Å². The molecule has 3 aromatic rings. The van der Waals surface area contributed by atoms with Crippen LogP contribution in [0.15, 0.2) is 65.7 Å². The molecule has 1 heterocycles. The Labute approximate surface area is 121 Å². The number of hydrogen-bond acceptors (Lipinski definition) is 4. The summed E-state index contributed by atoms with van der Waals surface area (Å²) >= 11 is 0. The molecule has 0 saturated carbocycles. The Morgan fingerprint density at radius 1 is 1.00 bits per heavy atom. The number of phenolic OH excluding ortho intramolecular Hbond substituents is 1. The second kappa shape index (κ2) is 5.06. The van der Waals surface area contributed by atoms with Crippen molar-refractivity contribution in [2.45, 2.75) is 4.90 Å². The molecule has 6 heteroatoms. The lowest BCUT2D eigenvalue weighted by molar-refractivity contribution is 0.459. The summed E-state index contributed by atoms with van der Waals surface area (Å²) in [5.41, 5.74) is 1.12. The maximum atomic E-state index is 12.3. The molecule has 0 radical (unpaired) electrons. The van der Waals surface area contributed by atoms with Gasteiger partial charge in [-0.3, -0.25) is 9.71 Å². The number of anilines is 1. The average Bonchev–Trinajstić information content (AvgIpc) is 2.47. The van der Waals surface area contributed by atoms with Crippen LogP contribution in [0.5, 0.6) is 5.75 Å². The molecule has 2 N–H and O–H groups in total. The summed E-state index contributed by atoms with van der Waals surface area (Å²) in [4.78, 5) is 4.02. The number of sulfonamides is 1. The summed E-state index contributed by atoms with van der Waals surface area (Å²) in [6, 6.07) is 14.9. The van der Waals surface area contributed by atoms with E-state index in [4.69, 9.17) is 0 Å². The molecule has 5 nitrogen and oxygen atoms in total. The highest BCUT2D eigenvalue weighted by Gasteiger charge is 2.18. The second-order valence-corrected chi connectivity index (χ2v) is 6.14. The number of aromatic nitrogens is 1. The maximum Gasteiger partial charge on any atom is 0.265 e. The minimum Gasteiger partial charge on any atom is -0.507 e. The molecule has 0 aliphatic carbocycles. The molecule has 0 aliphatic rings. The molecule has 3 rings (SSSR count). The Balaban J connectivity index is 1.99. The van der Waals surface area contributed by atoms with Gasteiger partial charge in [-0.25, -0.2) is 8.42 Å². The largest absolute Gasteiger partial charge is 0.507 e. The zero-order chi connectivity index (χ0) is 14.9. The van der Waals surface area contributed by atoms with Gasteiger partial charge in [0.2, 0.25) is 0 Å². The minimum atomic E-state index is -3.85. The van der Waals surface area contributed by atoms with Crippen LogP contribution >= 0.6 is 0 Å². The van der Waals surface area contributed by atoms with Crippen LogP contribution in [-0.2, 0) is 10.0 Å². The van der Waals surface area contributed by atoms with Gasteiger partial charge in [-0.05, 0) is 24.3 Å². The van der Waals surface area contributed by atoms with Crippen LogP contribution in [0.4, 0.5) is 5.69 Å². The fourth-order valence-electron chi connectivity index (χ4n) is 2.02. The van der Waals surface area contributed by atoms with Crippen LogP contribution < -0.4 is 4.72 Å². The van der Waals surface area contributed by atoms with Crippen LogP contribution in [0.25, 0.3) is 10.9 Å². The first-order valence-corrected chi connectivity index (χ1v) is 7.70. The number of fused-ring (bicyclic) bond motifs is 1. The van der Waals surface area contributed by atoms with Crippen LogP contribution in [0, 0.1) is 0 Å². The molecular formula is C15H12N2O3S. The molecule has 0 atom stereocenters. The molecule has 0 unspecified atom stereocenters. The fourth-order valence-corrected chi connectivity index (χ4v) is 3.15. The van der Waals surface area contributed by atoms with E-state index in [0.717, 1.165) is 10.9 Å². The van der Waals surface area contributed by atoms with Crippen LogP contribution in [0.2, 0.25) is 0 Å². The van der Waals surface area contributed by atoms with Crippen LogP contribution in [0.1, 0.15) is 0 Å². The van der Waals surface area contributed by atoms with Crippen molar-refractivity contribution >= 4 is 26.6 Å². The van der Waals surface area contributed by atoms with Gasteiger partial charge in [-0.15, -0.1) is 0 Å². The number of benzene rings is 2. The lowest BCUT2D eigenvalue weighted by atomic mass is 10.2. The monoisotopic (exact) mass is 300 g/mol. The van der Waals surface area contributed by atoms with E-state index in [9.17, 15) is 13.5 Å². The topological polar surface area (TPSA) is 79.3 Å². The molecule has 106 valence electrons. The van der Waals surface area contributed by atoms with Gasteiger partial charge in [0.05, 0.1) is 17.4 Å². The Hall–Kier alpha value is -2.60. The van der Waals surface area contributed by atoms with Crippen molar-refractivity contribution in [2.24, 2.45) is 0 Å². The van der Waals surface area contributed by atoms with E-state index in [1.165, 1.54) is 18.3 Å².